The van der Waals surface area contributed by atoms with Gasteiger partial charge in [0.25, 0.3) is 0 Å². The summed E-state index contributed by atoms with van der Waals surface area (Å²) < 4.78 is 5.22. The molecule has 1 aliphatic rings. The molecule has 19 heavy (non-hydrogen) atoms. The number of hydrogen-bond donors (Lipinski definition) is 1. The van der Waals surface area contributed by atoms with Crippen LogP contribution in [0.1, 0.15) is 57.7 Å². The summed E-state index contributed by atoms with van der Waals surface area (Å²) in [4.78, 5) is 8.98. The molecule has 1 aliphatic carbocycles. The van der Waals surface area contributed by atoms with E-state index >= 15 is 0 Å². The summed E-state index contributed by atoms with van der Waals surface area (Å²) in [7, 11) is 1.61. The van der Waals surface area contributed by atoms with Crippen molar-refractivity contribution in [1.82, 2.24) is 9.97 Å². The fourth-order valence-corrected chi connectivity index (χ4v) is 3.19. The Balaban J connectivity index is 2.26. The van der Waals surface area contributed by atoms with E-state index in [1.54, 1.807) is 13.3 Å². The van der Waals surface area contributed by atoms with E-state index in [4.69, 9.17) is 10.5 Å². The van der Waals surface area contributed by atoms with Crippen molar-refractivity contribution in [3.8, 4) is 5.88 Å². The highest BCUT2D eigenvalue weighted by atomic mass is 16.5. The zero-order valence-electron chi connectivity index (χ0n) is 12.2. The second-order valence-electron chi connectivity index (χ2n) is 5.63. The van der Waals surface area contributed by atoms with Crippen LogP contribution in [-0.4, -0.2) is 17.1 Å². The number of aromatic nitrogens is 2. The Morgan fingerprint density at radius 1 is 1.42 bits per heavy atom. The van der Waals surface area contributed by atoms with Gasteiger partial charge in [0.2, 0.25) is 5.88 Å². The highest BCUT2D eigenvalue weighted by Gasteiger charge is 2.32. The van der Waals surface area contributed by atoms with Crippen LogP contribution in [0.5, 0.6) is 5.88 Å². The molecule has 1 saturated carbocycles. The Hall–Kier alpha value is -1.32. The van der Waals surface area contributed by atoms with E-state index in [9.17, 15) is 0 Å². The molecule has 1 fully saturated rings. The topological polar surface area (TPSA) is 61.0 Å². The van der Waals surface area contributed by atoms with Gasteiger partial charge in [0, 0.05) is 5.92 Å². The maximum Gasteiger partial charge on any atom is 0.240 e. The van der Waals surface area contributed by atoms with Crippen LogP contribution in [-0.2, 0) is 0 Å². The molecular weight excluding hydrogens is 238 g/mol. The summed E-state index contributed by atoms with van der Waals surface area (Å²) in [6.45, 7) is 4.61. The maximum absolute atomic E-state index is 5.80. The molecule has 0 aliphatic heterocycles. The van der Waals surface area contributed by atoms with Gasteiger partial charge in [-0.2, -0.15) is 4.98 Å². The predicted molar refractivity (Wildman–Crippen MR) is 77.2 cm³/mol. The van der Waals surface area contributed by atoms with Gasteiger partial charge in [-0.05, 0) is 24.7 Å². The van der Waals surface area contributed by atoms with E-state index in [1.165, 1.54) is 32.1 Å². The first-order valence-electron chi connectivity index (χ1n) is 7.33. The number of rotatable bonds is 4. The minimum atomic E-state index is 0.457. The number of anilines is 1. The van der Waals surface area contributed by atoms with Crippen LogP contribution in [0.3, 0.4) is 0 Å². The van der Waals surface area contributed by atoms with Crippen LogP contribution in [0.15, 0.2) is 6.20 Å². The highest BCUT2D eigenvalue weighted by molar-refractivity contribution is 5.45. The van der Waals surface area contributed by atoms with Crippen molar-refractivity contribution in [3.05, 3.63) is 12.0 Å². The van der Waals surface area contributed by atoms with E-state index in [-0.39, 0.29) is 0 Å². The molecule has 2 rings (SSSR count). The fourth-order valence-electron chi connectivity index (χ4n) is 3.19. The van der Waals surface area contributed by atoms with Gasteiger partial charge in [-0.3, -0.25) is 0 Å². The third-order valence-electron chi connectivity index (χ3n) is 4.52. The van der Waals surface area contributed by atoms with Gasteiger partial charge in [0.05, 0.1) is 13.3 Å². The van der Waals surface area contributed by atoms with Gasteiger partial charge in [-0.15, -0.1) is 0 Å². The molecule has 0 radical (unpaired) electrons. The summed E-state index contributed by atoms with van der Waals surface area (Å²) in [5.41, 5.74) is 6.32. The van der Waals surface area contributed by atoms with Crippen molar-refractivity contribution in [2.75, 3.05) is 12.8 Å². The molecular formula is C15H25N3O. The molecule has 106 valence electrons. The molecule has 3 atom stereocenters. The van der Waals surface area contributed by atoms with Crippen molar-refractivity contribution in [3.63, 3.8) is 0 Å². The molecule has 0 bridgehead atoms. The molecule has 0 saturated heterocycles. The summed E-state index contributed by atoms with van der Waals surface area (Å²) in [5, 5.41) is 0. The third-order valence-corrected chi connectivity index (χ3v) is 4.52. The van der Waals surface area contributed by atoms with Crippen molar-refractivity contribution in [2.24, 2.45) is 11.8 Å². The average molecular weight is 263 g/mol. The largest absolute Gasteiger partial charge is 0.479 e. The molecule has 1 aromatic rings. The number of ether oxygens (including phenoxy) is 1. The van der Waals surface area contributed by atoms with E-state index < -0.39 is 0 Å². The first-order chi connectivity index (χ1) is 9.17. The van der Waals surface area contributed by atoms with Crippen LogP contribution in [0.4, 0.5) is 5.69 Å². The number of nitrogen functional groups attached to an aromatic ring is 1. The van der Waals surface area contributed by atoms with Crippen LogP contribution in [0.2, 0.25) is 0 Å². The minimum Gasteiger partial charge on any atom is -0.479 e. The van der Waals surface area contributed by atoms with Gasteiger partial charge in [0.1, 0.15) is 11.5 Å². The summed E-state index contributed by atoms with van der Waals surface area (Å²) in [6.07, 6.45) is 7.97. The van der Waals surface area contributed by atoms with Crippen molar-refractivity contribution >= 4 is 5.69 Å². The molecule has 0 spiro atoms. The van der Waals surface area contributed by atoms with E-state index in [2.05, 4.69) is 23.8 Å². The Kier molecular flexibility index (Phi) is 4.61. The molecule has 1 unspecified atom stereocenters. The van der Waals surface area contributed by atoms with Crippen LogP contribution in [0.25, 0.3) is 0 Å². The number of nitrogens with zero attached hydrogens (tertiary/aromatic N) is 2. The lowest BCUT2D eigenvalue weighted by atomic mass is 9.72. The Morgan fingerprint density at radius 2 is 2.16 bits per heavy atom. The monoisotopic (exact) mass is 263 g/mol. The summed E-state index contributed by atoms with van der Waals surface area (Å²) in [5.74, 6) is 3.29. The van der Waals surface area contributed by atoms with Gasteiger partial charge in [0.15, 0.2) is 0 Å². The number of hydrogen-bond acceptors (Lipinski definition) is 4. The van der Waals surface area contributed by atoms with E-state index in [0.29, 0.717) is 23.4 Å². The molecule has 0 aromatic carbocycles. The molecule has 1 heterocycles. The average Bonchev–Trinajstić information content (AvgIpc) is 2.47. The normalized spacial score (nSPS) is 25.0. The van der Waals surface area contributed by atoms with Crippen LogP contribution in [0, 0.1) is 11.8 Å². The Labute approximate surface area is 115 Å². The Bertz CT molecular complexity index is 422. The van der Waals surface area contributed by atoms with Crippen molar-refractivity contribution in [1.29, 1.82) is 0 Å². The minimum absolute atomic E-state index is 0.457. The van der Waals surface area contributed by atoms with Crippen molar-refractivity contribution < 1.29 is 4.74 Å². The first kappa shape index (κ1) is 14.1. The summed E-state index contributed by atoms with van der Waals surface area (Å²) in [6, 6.07) is 0. The van der Waals surface area contributed by atoms with Gasteiger partial charge < -0.3 is 10.5 Å². The Morgan fingerprint density at radius 3 is 2.84 bits per heavy atom. The zero-order chi connectivity index (χ0) is 13.8. The SMILES string of the molecule is CC[C@H](C)[C@@H]1CCCCC1c1ncc(N)c(OC)n1. The van der Waals surface area contributed by atoms with Crippen LogP contribution < -0.4 is 10.5 Å². The predicted octanol–water partition coefficient (Wildman–Crippen LogP) is 3.39. The van der Waals surface area contributed by atoms with Gasteiger partial charge in [-0.1, -0.05) is 33.1 Å². The number of methoxy groups -OCH3 is 1. The van der Waals surface area contributed by atoms with E-state index in [1.807, 2.05) is 0 Å². The quantitative estimate of drug-likeness (QED) is 0.904. The molecule has 0 amide bonds. The third kappa shape index (κ3) is 2.99. The smallest absolute Gasteiger partial charge is 0.240 e. The molecule has 2 N–H and O–H groups in total. The second kappa shape index (κ2) is 6.22. The fraction of sp³-hybridized carbons (Fsp3) is 0.733. The van der Waals surface area contributed by atoms with Gasteiger partial charge >= 0.3 is 0 Å². The van der Waals surface area contributed by atoms with Crippen molar-refractivity contribution in [2.45, 2.75) is 51.9 Å². The number of nitrogens with two attached hydrogens (primary N) is 1. The van der Waals surface area contributed by atoms with Gasteiger partial charge in [-0.25, -0.2) is 4.98 Å². The lowest BCUT2D eigenvalue weighted by Gasteiger charge is -2.34. The first-order valence-corrected chi connectivity index (χ1v) is 7.33. The lowest BCUT2D eigenvalue weighted by Crippen LogP contribution is -2.25. The second-order valence-corrected chi connectivity index (χ2v) is 5.63. The maximum atomic E-state index is 5.80. The lowest BCUT2D eigenvalue weighted by molar-refractivity contribution is 0.213. The van der Waals surface area contributed by atoms with E-state index in [0.717, 1.165) is 11.7 Å². The standard InChI is InChI=1S/C15H25N3O/c1-4-10(2)11-7-5-6-8-12(11)14-17-9-13(16)15(18-14)19-3/h9-12H,4-8,16H2,1-3H3/t10-,11-,12?/m0/s1. The summed E-state index contributed by atoms with van der Waals surface area (Å²) >= 11 is 0. The molecule has 4 heteroatoms. The highest BCUT2D eigenvalue weighted by Crippen LogP contribution is 2.41. The molecule has 1 aromatic heterocycles. The van der Waals surface area contributed by atoms with Crippen LogP contribution >= 0.6 is 0 Å². The zero-order valence-corrected chi connectivity index (χ0v) is 12.2. The molecule has 4 nitrogen and oxygen atoms in total.